The van der Waals surface area contributed by atoms with Gasteiger partial charge >= 0.3 is 12.2 Å². The molecule has 14 nitrogen and oxygen atoms in total. The Labute approximate surface area is 372 Å². The molecule has 4 atom stereocenters. The predicted molar refractivity (Wildman–Crippen MR) is 244 cm³/mol. The lowest BCUT2D eigenvalue weighted by molar-refractivity contribution is -0.135. The van der Waals surface area contributed by atoms with Gasteiger partial charge in [-0.2, -0.15) is 0 Å². The Morgan fingerprint density at radius 3 is 2.00 bits per heavy atom. The van der Waals surface area contributed by atoms with Gasteiger partial charge in [-0.3, -0.25) is 9.59 Å². The molecule has 324 valence electrons. The van der Waals surface area contributed by atoms with Gasteiger partial charge in [0, 0.05) is 35.0 Å². The van der Waals surface area contributed by atoms with Crippen LogP contribution < -0.4 is 10.6 Å². The van der Waals surface area contributed by atoms with Crippen molar-refractivity contribution in [2.24, 2.45) is 5.92 Å². The summed E-state index contributed by atoms with van der Waals surface area (Å²) < 4.78 is 12.1. The summed E-state index contributed by atoms with van der Waals surface area (Å²) in [4.78, 5) is 72.3. The van der Waals surface area contributed by atoms with Crippen LogP contribution in [0.5, 0.6) is 0 Å². The van der Waals surface area contributed by atoms with Gasteiger partial charge in [0.25, 0.3) is 5.91 Å². The first-order valence-corrected chi connectivity index (χ1v) is 22.9. The van der Waals surface area contributed by atoms with E-state index in [1.54, 1.807) is 22.7 Å². The SMILES string of the molecule is COC(=O)N[C@H](C(=O)N1CCC[C@H]1c1ncc(-c2ccc(-c3csc4c(-c5ccc6nc(C7CCCN7C(=O)[C@H](NC(=O)OC)c7ccccc7)[nH]c6c5)csc34)cc2)[nH]1)C(C)C. The quantitative estimate of drug-likeness (QED) is 0.0994. The van der Waals surface area contributed by atoms with Gasteiger partial charge in [0.1, 0.15) is 23.7 Å². The lowest BCUT2D eigenvalue weighted by atomic mass is 10.0. The Hall–Kier alpha value is -6.52. The molecule has 6 heterocycles. The molecule has 3 aromatic carbocycles. The van der Waals surface area contributed by atoms with Gasteiger partial charge in [-0.25, -0.2) is 19.6 Å². The second kappa shape index (κ2) is 17.7. The number of thiophene rings is 2. The minimum Gasteiger partial charge on any atom is -0.453 e. The summed E-state index contributed by atoms with van der Waals surface area (Å²) >= 11 is 3.46. The molecule has 0 aliphatic carbocycles. The van der Waals surface area contributed by atoms with Gasteiger partial charge in [-0.1, -0.05) is 74.5 Å². The van der Waals surface area contributed by atoms with Gasteiger partial charge in [-0.05, 0) is 66.0 Å². The molecule has 4 N–H and O–H groups in total. The highest BCUT2D eigenvalue weighted by atomic mass is 32.1. The molecular weight excluding hydrogens is 837 g/mol. The first-order chi connectivity index (χ1) is 30.6. The van der Waals surface area contributed by atoms with Crippen LogP contribution in [-0.2, 0) is 19.1 Å². The molecule has 7 aromatic rings. The van der Waals surface area contributed by atoms with Crippen molar-refractivity contribution in [3.05, 3.63) is 107 Å². The number of ether oxygens (including phenoxy) is 2. The molecular formula is C47H48N8O6S2. The van der Waals surface area contributed by atoms with E-state index in [0.29, 0.717) is 18.7 Å². The van der Waals surface area contributed by atoms with Crippen molar-refractivity contribution in [3.63, 3.8) is 0 Å². The van der Waals surface area contributed by atoms with Crippen LogP contribution in [0.3, 0.4) is 0 Å². The third-order valence-electron chi connectivity index (χ3n) is 12.1. The number of rotatable bonds is 11. The summed E-state index contributed by atoms with van der Waals surface area (Å²) in [5, 5.41) is 9.87. The fourth-order valence-corrected chi connectivity index (χ4v) is 11.3. The maximum atomic E-state index is 14.0. The molecule has 9 rings (SSSR count). The summed E-state index contributed by atoms with van der Waals surface area (Å²) in [7, 11) is 2.58. The van der Waals surface area contributed by atoms with Gasteiger partial charge in [-0.15, -0.1) is 22.7 Å². The maximum Gasteiger partial charge on any atom is 0.407 e. The highest BCUT2D eigenvalue weighted by Crippen LogP contribution is 2.45. The number of aromatic amines is 2. The van der Waals surface area contributed by atoms with Crippen LogP contribution in [-0.4, -0.2) is 87.1 Å². The number of aromatic nitrogens is 4. The van der Waals surface area contributed by atoms with Crippen LogP contribution in [0.15, 0.2) is 89.8 Å². The van der Waals surface area contributed by atoms with Crippen LogP contribution >= 0.6 is 22.7 Å². The first-order valence-electron chi connectivity index (χ1n) is 21.1. The molecule has 0 spiro atoms. The molecule has 2 aliphatic heterocycles. The molecule has 2 aliphatic rings. The number of methoxy groups -OCH3 is 2. The second-order valence-electron chi connectivity index (χ2n) is 16.3. The standard InChI is InChI=1S/C47H48N8O6S2/c1-26(2)38(52-46(58)60-3)44(56)54-20-8-12-36(54)42-48-23-35(51-42)28-16-14-27(15-17-28)31-24-62-41-32(25-63-40(31)41)30-18-19-33-34(22-30)50-43(49-33)37-13-9-21-55(37)45(57)39(53-47(59)61-4)29-10-6-5-7-11-29/h5-7,10-11,14-19,22-26,36-39H,8-9,12-13,20-21H2,1-4H3,(H,48,51)(H,49,50)(H,52,58)(H,53,59)/t36-,37?,38-,39+/m0/s1. The van der Waals surface area contributed by atoms with E-state index in [2.05, 4.69) is 67.8 Å². The average molecular weight is 885 g/mol. The number of fused-ring (bicyclic) bond motifs is 2. The average Bonchev–Trinajstić information content (AvgIpc) is 4.17. The summed E-state index contributed by atoms with van der Waals surface area (Å²) in [5.41, 5.74) is 8.79. The monoisotopic (exact) mass is 884 g/mol. The zero-order valence-corrected chi connectivity index (χ0v) is 37.0. The minimum atomic E-state index is -0.883. The van der Waals surface area contributed by atoms with Gasteiger partial charge < -0.3 is 39.9 Å². The van der Waals surface area contributed by atoms with Crippen molar-refractivity contribution in [2.45, 2.75) is 63.7 Å². The Morgan fingerprint density at radius 1 is 0.730 bits per heavy atom. The Balaban J connectivity index is 0.908. The third kappa shape index (κ3) is 8.16. The molecule has 0 bridgehead atoms. The summed E-state index contributed by atoms with van der Waals surface area (Å²) in [6, 6.07) is 21.9. The van der Waals surface area contributed by atoms with Crippen molar-refractivity contribution in [1.29, 1.82) is 0 Å². The predicted octanol–water partition coefficient (Wildman–Crippen LogP) is 9.37. The lowest BCUT2D eigenvalue weighted by Gasteiger charge is -2.30. The van der Waals surface area contributed by atoms with Crippen LogP contribution in [0.1, 0.15) is 74.9 Å². The number of hydrogen-bond acceptors (Lipinski definition) is 10. The molecule has 2 saturated heterocycles. The van der Waals surface area contributed by atoms with E-state index in [1.165, 1.54) is 29.2 Å². The van der Waals surface area contributed by atoms with Crippen LogP contribution in [0.2, 0.25) is 0 Å². The topological polar surface area (TPSA) is 175 Å². The van der Waals surface area contributed by atoms with E-state index < -0.39 is 24.3 Å². The van der Waals surface area contributed by atoms with E-state index in [9.17, 15) is 19.2 Å². The Morgan fingerprint density at radius 2 is 1.33 bits per heavy atom. The third-order valence-corrected chi connectivity index (χ3v) is 14.3. The highest BCUT2D eigenvalue weighted by Gasteiger charge is 2.39. The number of nitrogens with one attached hydrogen (secondary N) is 4. The van der Waals surface area contributed by atoms with Crippen molar-refractivity contribution >= 4 is 67.1 Å². The van der Waals surface area contributed by atoms with E-state index in [1.807, 2.05) is 66.2 Å². The zero-order chi connectivity index (χ0) is 43.8. The molecule has 4 amide bonds. The van der Waals surface area contributed by atoms with Gasteiger partial charge in [0.2, 0.25) is 5.91 Å². The minimum absolute atomic E-state index is 0.107. The largest absolute Gasteiger partial charge is 0.453 e. The molecule has 2 fully saturated rings. The van der Waals surface area contributed by atoms with Gasteiger partial charge in [0.05, 0.1) is 58.6 Å². The zero-order valence-electron chi connectivity index (χ0n) is 35.3. The van der Waals surface area contributed by atoms with Crippen molar-refractivity contribution < 1.29 is 28.7 Å². The van der Waals surface area contributed by atoms with Crippen molar-refractivity contribution in [1.82, 2.24) is 40.4 Å². The second-order valence-corrected chi connectivity index (χ2v) is 18.0. The number of carbonyl (C=O) groups is 4. The molecule has 0 radical (unpaired) electrons. The number of nitrogens with zero attached hydrogens (tertiary/aromatic N) is 4. The van der Waals surface area contributed by atoms with E-state index in [4.69, 9.17) is 19.4 Å². The van der Waals surface area contributed by atoms with E-state index in [-0.39, 0.29) is 29.8 Å². The molecule has 1 unspecified atom stereocenters. The van der Waals surface area contributed by atoms with E-state index >= 15 is 0 Å². The first kappa shape index (κ1) is 41.8. The summed E-state index contributed by atoms with van der Waals surface area (Å²) in [6.45, 7) is 4.96. The summed E-state index contributed by atoms with van der Waals surface area (Å²) in [6.07, 6.45) is 3.74. The number of benzene rings is 3. The fourth-order valence-electron chi connectivity index (χ4n) is 8.84. The summed E-state index contributed by atoms with van der Waals surface area (Å²) in [5.74, 6) is 1.00. The number of carbonyl (C=O) groups excluding carboxylic acids is 4. The van der Waals surface area contributed by atoms with Gasteiger partial charge in [0.15, 0.2) is 0 Å². The van der Waals surface area contributed by atoms with Crippen molar-refractivity contribution in [2.75, 3.05) is 27.3 Å². The number of imidazole rings is 2. The number of amides is 4. The van der Waals surface area contributed by atoms with Crippen LogP contribution in [0.4, 0.5) is 9.59 Å². The molecule has 63 heavy (non-hydrogen) atoms. The molecule has 4 aromatic heterocycles. The highest BCUT2D eigenvalue weighted by molar-refractivity contribution is 7.27. The van der Waals surface area contributed by atoms with Crippen LogP contribution in [0, 0.1) is 5.92 Å². The smallest absolute Gasteiger partial charge is 0.407 e. The number of H-pyrrole nitrogens is 2. The number of likely N-dealkylation sites (tertiary alicyclic amines) is 2. The van der Waals surface area contributed by atoms with E-state index in [0.717, 1.165) is 76.3 Å². The van der Waals surface area contributed by atoms with Crippen LogP contribution in [0.25, 0.3) is 53.9 Å². The fraction of sp³-hybridized carbons (Fsp3) is 0.319. The number of alkyl carbamates (subject to hydrolysis) is 2. The van der Waals surface area contributed by atoms with Crippen molar-refractivity contribution in [3.8, 4) is 33.5 Å². The normalized spacial score (nSPS) is 17.3. The Kier molecular flexibility index (Phi) is 11.7. The molecule has 0 saturated carbocycles. The lowest BCUT2D eigenvalue weighted by Crippen LogP contribution is -2.51. The molecule has 16 heteroatoms. The maximum absolute atomic E-state index is 14.0. The number of hydrogen-bond donors (Lipinski definition) is 4. The Bertz CT molecular complexity index is 2790.